The van der Waals surface area contributed by atoms with Gasteiger partial charge in [0.2, 0.25) is 5.91 Å². The average Bonchev–Trinajstić information content (AvgIpc) is 2.97. The highest BCUT2D eigenvalue weighted by Crippen LogP contribution is 2.37. The van der Waals surface area contributed by atoms with Crippen LogP contribution in [0.15, 0.2) is 12.1 Å². The van der Waals surface area contributed by atoms with Crippen molar-refractivity contribution >= 4 is 46.4 Å². The van der Waals surface area contributed by atoms with Crippen molar-refractivity contribution in [2.24, 2.45) is 0 Å². The predicted octanol–water partition coefficient (Wildman–Crippen LogP) is 4.53. The molecule has 0 atom stereocenters. The van der Waals surface area contributed by atoms with Crippen LogP contribution in [-0.2, 0) is 17.5 Å². The van der Waals surface area contributed by atoms with E-state index in [9.17, 15) is 18.0 Å². The van der Waals surface area contributed by atoms with Gasteiger partial charge in [0.1, 0.15) is 12.3 Å². The number of benzene rings is 1. The summed E-state index contributed by atoms with van der Waals surface area (Å²) in [6.45, 7) is 2.80. The van der Waals surface area contributed by atoms with Crippen LogP contribution in [0.2, 0.25) is 15.1 Å². The minimum absolute atomic E-state index is 0.0935. The molecule has 1 amide bonds. The molecule has 0 saturated carbocycles. The van der Waals surface area contributed by atoms with Gasteiger partial charge in [-0.05, 0) is 13.0 Å². The van der Waals surface area contributed by atoms with Crippen LogP contribution >= 0.6 is 34.8 Å². The third-order valence-corrected chi connectivity index (χ3v) is 5.93. The number of halogens is 6. The number of carbonyl (C=O) groups excluding carboxylic acids is 1. The topological polar surface area (TPSA) is 50.6 Å². The van der Waals surface area contributed by atoms with Gasteiger partial charge in [0.15, 0.2) is 5.69 Å². The molecule has 164 valence electrons. The normalized spacial score (nSPS) is 14.9. The third kappa shape index (κ3) is 4.58. The van der Waals surface area contributed by atoms with Crippen molar-refractivity contribution in [1.82, 2.24) is 14.7 Å². The molecule has 1 saturated heterocycles. The number of methoxy groups -OCH3 is 1. The summed E-state index contributed by atoms with van der Waals surface area (Å²) in [5, 5.41) is 3.84. The number of ether oxygens (including phenoxy) is 1. The molecule has 1 aromatic carbocycles. The molecule has 2 aromatic rings. The first-order valence-corrected chi connectivity index (χ1v) is 10.0. The first-order chi connectivity index (χ1) is 14.0. The maximum Gasteiger partial charge on any atom is 0.436 e. The van der Waals surface area contributed by atoms with Crippen molar-refractivity contribution in [2.75, 3.05) is 38.2 Å². The fourth-order valence-corrected chi connectivity index (χ4v) is 4.02. The maximum absolute atomic E-state index is 13.0. The zero-order valence-electron chi connectivity index (χ0n) is 16.1. The molecule has 0 spiro atoms. The van der Waals surface area contributed by atoms with Crippen molar-refractivity contribution < 1.29 is 22.7 Å². The lowest BCUT2D eigenvalue weighted by Crippen LogP contribution is -2.49. The van der Waals surface area contributed by atoms with Gasteiger partial charge in [-0.25, -0.2) is 0 Å². The van der Waals surface area contributed by atoms with Gasteiger partial charge in [-0.3, -0.25) is 9.48 Å². The Morgan fingerprint density at radius 1 is 1.13 bits per heavy atom. The molecule has 1 aromatic heterocycles. The Morgan fingerprint density at radius 3 is 2.30 bits per heavy atom. The Labute approximate surface area is 186 Å². The highest BCUT2D eigenvalue weighted by molar-refractivity contribution is 6.37. The van der Waals surface area contributed by atoms with Gasteiger partial charge in [-0.2, -0.15) is 18.3 Å². The van der Waals surface area contributed by atoms with Crippen LogP contribution in [0.5, 0.6) is 5.75 Å². The molecule has 1 fully saturated rings. The summed E-state index contributed by atoms with van der Waals surface area (Å²) in [7, 11) is 1.50. The standard InChI is InChI=1S/C18H18Cl3F3N4O2/c1-10-16(21)17(18(22,23)24)25-28(10)9-15(29)27-5-3-26(4-6-27)13-8-14(30-2)12(20)7-11(13)19/h7-8H,3-6,9H2,1-2H3. The lowest BCUT2D eigenvalue weighted by atomic mass is 10.2. The SMILES string of the molecule is COc1cc(N2CCN(C(=O)Cn3nc(C(F)(F)F)c(Cl)c3C)CC2)c(Cl)cc1Cl. The lowest BCUT2D eigenvalue weighted by Gasteiger charge is -2.36. The summed E-state index contributed by atoms with van der Waals surface area (Å²) in [5.74, 6) is 0.145. The fourth-order valence-electron chi connectivity index (χ4n) is 3.20. The Kier molecular flexibility index (Phi) is 6.64. The Hall–Kier alpha value is -1.84. The van der Waals surface area contributed by atoms with Crippen LogP contribution in [0.4, 0.5) is 18.9 Å². The minimum atomic E-state index is -4.68. The fraction of sp³-hybridized carbons (Fsp3) is 0.444. The van der Waals surface area contributed by atoms with E-state index < -0.39 is 16.9 Å². The van der Waals surface area contributed by atoms with E-state index >= 15 is 0 Å². The summed E-state index contributed by atoms with van der Waals surface area (Å²) in [4.78, 5) is 16.2. The van der Waals surface area contributed by atoms with Crippen LogP contribution in [0.1, 0.15) is 11.4 Å². The Morgan fingerprint density at radius 2 is 1.77 bits per heavy atom. The van der Waals surface area contributed by atoms with Crippen LogP contribution in [0.25, 0.3) is 0 Å². The van der Waals surface area contributed by atoms with E-state index in [0.29, 0.717) is 42.0 Å². The van der Waals surface area contributed by atoms with Crippen molar-refractivity contribution in [2.45, 2.75) is 19.6 Å². The van der Waals surface area contributed by atoms with E-state index in [1.165, 1.54) is 14.0 Å². The van der Waals surface area contributed by atoms with Gasteiger partial charge >= 0.3 is 6.18 Å². The number of nitrogens with zero attached hydrogens (tertiary/aromatic N) is 4. The predicted molar refractivity (Wildman–Crippen MR) is 109 cm³/mol. The highest BCUT2D eigenvalue weighted by Gasteiger charge is 2.38. The van der Waals surface area contributed by atoms with Crippen LogP contribution < -0.4 is 9.64 Å². The zero-order valence-corrected chi connectivity index (χ0v) is 18.3. The second kappa shape index (κ2) is 8.72. The molecule has 1 aliphatic heterocycles. The monoisotopic (exact) mass is 484 g/mol. The number of anilines is 1. The number of alkyl halides is 3. The quantitative estimate of drug-likeness (QED) is 0.639. The van der Waals surface area contributed by atoms with Gasteiger partial charge in [0.25, 0.3) is 0 Å². The van der Waals surface area contributed by atoms with Crippen molar-refractivity contribution in [1.29, 1.82) is 0 Å². The first kappa shape index (κ1) is 22.8. The van der Waals surface area contributed by atoms with E-state index in [1.54, 1.807) is 17.0 Å². The molecular weight excluding hydrogens is 468 g/mol. The smallest absolute Gasteiger partial charge is 0.436 e. The van der Waals surface area contributed by atoms with Crippen molar-refractivity contribution in [3.05, 3.63) is 38.6 Å². The molecule has 30 heavy (non-hydrogen) atoms. The maximum atomic E-state index is 13.0. The highest BCUT2D eigenvalue weighted by atomic mass is 35.5. The lowest BCUT2D eigenvalue weighted by molar-refractivity contribution is -0.142. The summed E-state index contributed by atoms with van der Waals surface area (Å²) >= 11 is 18.1. The second-order valence-electron chi connectivity index (χ2n) is 6.71. The molecule has 0 aliphatic carbocycles. The van der Waals surface area contributed by atoms with Crippen molar-refractivity contribution in [3.63, 3.8) is 0 Å². The molecule has 1 aliphatic rings. The van der Waals surface area contributed by atoms with E-state index in [-0.39, 0.29) is 18.1 Å². The average molecular weight is 486 g/mol. The molecule has 6 nitrogen and oxygen atoms in total. The number of aromatic nitrogens is 2. The molecule has 0 N–H and O–H groups in total. The number of hydrogen-bond acceptors (Lipinski definition) is 4. The molecular formula is C18H18Cl3F3N4O2. The van der Waals surface area contributed by atoms with Gasteiger partial charge in [-0.15, -0.1) is 0 Å². The largest absolute Gasteiger partial charge is 0.495 e. The van der Waals surface area contributed by atoms with E-state index in [0.717, 1.165) is 10.4 Å². The molecule has 0 bridgehead atoms. The second-order valence-corrected chi connectivity index (χ2v) is 7.90. The number of hydrogen-bond donors (Lipinski definition) is 0. The number of rotatable bonds is 4. The molecule has 12 heteroatoms. The summed E-state index contributed by atoms with van der Waals surface area (Å²) in [6.07, 6.45) is -4.68. The molecule has 0 radical (unpaired) electrons. The summed E-state index contributed by atoms with van der Waals surface area (Å²) in [6, 6.07) is 3.33. The van der Waals surface area contributed by atoms with Crippen LogP contribution in [0.3, 0.4) is 0 Å². The van der Waals surface area contributed by atoms with Crippen LogP contribution in [0, 0.1) is 6.92 Å². The molecule has 3 rings (SSSR count). The zero-order chi connectivity index (χ0) is 22.2. The van der Waals surface area contributed by atoms with Gasteiger partial charge in [0, 0.05) is 32.2 Å². The molecule has 2 heterocycles. The Balaban J connectivity index is 1.67. The van der Waals surface area contributed by atoms with E-state index in [2.05, 4.69) is 5.10 Å². The molecule has 0 unspecified atom stereocenters. The van der Waals surface area contributed by atoms with Gasteiger partial charge < -0.3 is 14.5 Å². The number of carbonyl (C=O) groups is 1. The first-order valence-electron chi connectivity index (χ1n) is 8.88. The van der Waals surface area contributed by atoms with Crippen molar-refractivity contribution in [3.8, 4) is 5.75 Å². The number of piperazine rings is 1. The summed E-state index contributed by atoms with van der Waals surface area (Å²) in [5.41, 5.74) is -0.365. The van der Waals surface area contributed by atoms with Crippen LogP contribution in [-0.4, -0.2) is 53.9 Å². The van der Waals surface area contributed by atoms with Gasteiger partial charge in [-0.1, -0.05) is 34.8 Å². The van der Waals surface area contributed by atoms with E-state index in [4.69, 9.17) is 39.5 Å². The Bertz CT molecular complexity index is 957. The van der Waals surface area contributed by atoms with Gasteiger partial charge in [0.05, 0.1) is 33.6 Å². The minimum Gasteiger partial charge on any atom is -0.495 e. The third-order valence-electron chi connectivity index (χ3n) is 4.88. The summed E-state index contributed by atoms with van der Waals surface area (Å²) < 4.78 is 45.1. The van der Waals surface area contributed by atoms with E-state index in [1.807, 2.05) is 4.90 Å². The number of amides is 1.